The van der Waals surface area contributed by atoms with Crippen LogP contribution in [0.4, 0.5) is 0 Å². The van der Waals surface area contributed by atoms with E-state index in [1.54, 1.807) is 0 Å². The van der Waals surface area contributed by atoms with Crippen LogP contribution in [0, 0.1) is 5.92 Å². The van der Waals surface area contributed by atoms with Crippen LogP contribution in [-0.2, 0) is 14.3 Å². The van der Waals surface area contributed by atoms with E-state index in [-0.39, 0.29) is 5.92 Å². The zero-order valence-corrected chi connectivity index (χ0v) is 6.47. The fourth-order valence-electron chi connectivity index (χ4n) is 1.18. The number of carbonyl (C=O) groups excluding carboxylic acids is 1. The number of hydrogen-bond acceptors (Lipinski definition) is 3. The lowest BCUT2D eigenvalue weighted by molar-refractivity contribution is -0.131. The lowest BCUT2D eigenvalue weighted by Gasteiger charge is -2.05. The van der Waals surface area contributed by atoms with Gasteiger partial charge in [0.1, 0.15) is 12.4 Å². The van der Waals surface area contributed by atoms with E-state index in [0.717, 1.165) is 6.08 Å². The molecule has 0 bridgehead atoms. The third kappa shape index (κ3) is 2.17. The van der Waals surface area contributed by atoms with E-state index in [4.69, 9.17) is 9.84 Å². The van der Waals surface area contributed by atoms with E-state index in [0.29, 0.717) is 19.3 Å². The van der Waals surface area contributed by atoms with Crippen LogP contribution in [0.5, 0.6) is 0 Å². The second kappa shape index (κ2) is 4.01. The summed E-state index contributed by atoms with van der Waals surface area (Å²) in [6.45, 7) is 0.526. The Morgan fingerprint density at radius 2 is 2.33 bits per heavy atom. The van der Waals surface area contributed by atoms with Crippen molar-refractivity contribution in [3.05, 3.63) is 12.2 Å². The van der Waals surface area contributed by atoms with Crippen molar-refractivity contribution in [2.45, 2.75) is 12.5 Å². The molecule has 0 spiro atoms. The van der Waals surface area contributed by atoms with E-state index in [2.05, 4.69) is 0 Å². The van der Waals surface area contributed by atoms with Gasteiger partial charge in [-0.05, 0) is 6.42 Å². The van der Waals surface area contributed by atoms with Gasteiger partial charge in [0.05, 0.1) is 0 Å². The van der Waals surface area contributed by atoms with Gasteiger partial charge in [0.25, 0.3) is 0 Å². The maximum atomic E-state index is 10.4. The van der Waals surface area contributed by atoms with Crippen LogP contribution in [0.25, 0.3) is 0 Å². The van der Waals surface area contributed by atoms with Crippen molar-refractivity contribution in [1.29, 1.82) is 0 Å². The molecule has 0 saturated carbocycles. The first-order chi connectivity index (χ1) is 5.74. The molecule has 1 fully saturated rings. The average Bonchev–Trinajstić information content (AvgIpc) is 2.47. The second-order valence-electron chi connectivity index (χ2n) is 2.62. The minimum atomic E-state index is -0.994. The van der Waals surface area contributed by atoms with Gasteiger partial charge in [-0.3, -0.25) is 0 Å². The van der Waals surface area contributed by atoms with Gasteiger partial charge < -0.3 is 14.6 Å². The molecule has 4 nitrogen and oxygen atoms in total. The minimum Gasteiger partial charge on any atom is -0.478 e. The second-order valence-corrected chi connectivity index (χ2v) is 2.62. The van der Waals surface area contributed by atoms with Gasteiger partial charge >= 0.3 is 5.97 Å². The monoisotopic (exact) mass is 170 g/mol. The highest BCUT2D eigenvalue weighted by molar-refractivity contribution is 5.79. The normalized spacial score (nSPS) is 29.3. The molecule has 0 aliphatic carbocycles. The fraction of sp³-hybridized carbons (Fsp3) is 0.500. The molecule has 2 unspecified atom stereocenters. The van der Waals surface area contributed by atoms with E-state index in [9.17, 15) is 9.59 Å². The molecule has 1 saturated heterocycles. The van der Waals surface area contributed by atoms with Crippen LogP contribution in [0.15, 0.2) is 12.2 Å². The number of aldehydes is 1. The van der Waals surface area contributed by atoms with Crippen molar-refractivity contribution in [2.24, 2.45) is 5.92 Å². The number of carboxylic acids is 1. The van der Waals surface area contributed by atoms with Crippen molar-refractivity contribution in [2.75, 3.05) is 6.61 Å². The summed E-state index contributed by atoms with van der Waals surface area (Å²) >= 11 is 0. The van der Waals surface area contributed by atoms with Gasteiger partial charge in [0.2, 0.25) is 0 Å². The van der Waals surface area contributed by atoms with Gasteiger partial charge in [0, 0.05) is 18.6 Å². The topological polar surface area (TPSA) is 63.6 Å². The lowest BCUT2D eigenvalue weighted by atomic mass is 10.0. The van der Waals surface area contributed by atoms with Crippen LogP contribution < -0.4 is 0 Å². The van der Waals surface area contributed by atoms with E-state index >= 15 is 0 Å². The van der Waals surface area contributed by atoms with Crippen molar-refractivity contribution in [1.82, 2.24) is 0 Å². The maximum absolute atomic E-state index is 10.4. The van der Waals surface area contributed by atoms with Crippen molar-refractivity contribution >= 4 is 12.3 Å². The predicted molar refractivity (Wildman–Crippen MR) is 40.7 cm³/mol. The van der Waals surface area contributed by atoms with Gasteiger partial charge in [0.15, 0.2) is 0 Å². The highest BCUT2D eigenvalue weighted by Crippen LogP contribution is 2.20. The Bertz CT molecular complexity index is 209. The van der Waals surface area contributed by atoms with Crippen molar-refractivity contribution in [3.63, 3.8) is 0 Å². The molecule has 1 aliphatic heterocycles. The lowest BCUT2D eigenvalue weighted by Crippen LogP contribution is -2.15. The van der Waals surface area contributed by atoms with Crippen LogP contribution in [0.3, 0.4) is 0 Å². The summed E-state index contributed by atoms with van der Waals surface area (Å²) in [4.78, 5) is 20.5. The first kappa shape index (κ1) is 8.93. The third-order valence-electron chi connectivity index (χ3n) is 1.80. The molecule has 0 amide bonds. The van der Waals surface area contributed by atoms with Crippen LogP contribution in [-0.4, -0.2) is 30.1 Å². The average molecular weight is 170 g/mol. The molecule has 0 aromatic heterocycles. The maximum Gasteiger partial charge on any atom is 0.327 e. The largest absolute Gasteiger partial charge is 0.478 e. The molecule has 1 aliphatic rings. The van der Waals surface area contributed by atoms with Gasteiger partial charge in [-0.15, -0.1) is 0 Å². The molecule has 66 valence electrons. The van der Waals surface area contributed by atoms with Crippen molar-refractivity contribution < 1.29 is 19.4 Å². The first-order valence-corrected chi connectivity index (χ1v) is 3.72. The predicted octanol–water partition coefficient (Wildman–Crippen LogP) is 0.231. The quantitative estimate of drug-likeness (QED) is 0.486. The van der Waals surface area contributed by atoms with Crippen LogP contribution >= 0.6 is 0 Å². The summed E-state index contributed by atoms with van der Waals surface area (Å²) in [5, 5.41) is 8.32. The molecular weight excluding hydrogens is 160 g/mol. The Kier molecular flexibility index (Phi) is 2.99. The van der Waals surface area contributed by atoms with Crippen molar-refractivity contribution in [3.8, 4) is 0 Å². The summed E-state index contributed by atoms with van der Waals surface area (Å²) in [6.07, 6.45) is 3.53. The smallest absolute Gasteiger partial charge is 0.327 e. The van der Waals surface area contributed by atoms with Gasteiger partial charge in [-0.1, -0.05) is 6.08 Å². The summed E-state index contributed by atoms with van der Waals surface area (Å²) in [5.41, 5.74) is 0. The number of hydrogen-bond donors (Lipinski definition) is 1. The molecule has 0 radical (unpaired) electrons. The summed E-state index contributed by atoms with van der Waals surface area (Å²) in [5.74, 6) is -1.06. The number of ether oxygens (including phenoxy) is 1. The Hall–Kier alpha value is -1.16. The highest BCUT2D eigenvalue weighted by Gasteiger charge is 2.25. The first-order valence-electron chi connectivity index (χ1n) is 3.72. The molecule has 1 heterocycles. The van der Waals surface area contributed by atoms with Crippen LogP contribution in [0.2, 0.25) is 0 Å². The molecule has 1 N–H and O–H groups in total. The van der Waals surface area contributed by atoms with E-state index in [1.807, 2.05) is 0 Å². The molecule has 4 heteroatoms. The molecule has 0 aromatic carbocycles. The Balaban J connectivity index is 2.50. The Morgan fingerprint density at radius 3 is 2.92 bits per heavy atom. The van der Waals surface area contributed by atoms with E-state index < -0.39 is 12.1 Å². The summed E-state index contributed by atoms with van der Waals surface area (Å²) in [7, 11) is 0. The molecule has 0 aromatic rings. The van der Waals surface area contributed by atoms with E-state index in [1.165, 1.54) is 6.08 Å². The number of aliphatic carboxylic acids is 1. The molecule has 12 heavy (non-hydrogen) atoms. The standard InChI is InChI=1S/C8H10O4/c9-5-7-6(3-4-12-7)1-2-8(10)11/h1-2,5-7H,3-4H2,(H,10,11). The zero-order chi connectivity index (χ0) is 8.97. The van der Waals surface area contributed by atoms with Gasteiger partial charge in [-0.2, -0.15) is 0 Å². The highest BCUT2D eigenvalue weighted by atomic mass is 16.5. The minimum absolute atomic E-state index is 0.0707. The zero-order valence-electron chi connectivity index (χ0n) is 6.47. The summed E-state index contributed by atoms with van der Waals surface area (Å²) in [6, 6.07) is 0. The number of carbonyl (C=O) groups is 2. The number of rotatable bonds is 3. The number of carboxylic acid groups (broad SMARTS) is 1. The Morgan fingerprint density at radius 1 is 1.58 bits per heavy atom. The fourth-order valence-corrected chi connectivity index (χ4v) is 1.18. The SMILES string of the molecule is O=CC1OCCC1C=CC(=O)O. The van der Waals surface area contributed by atoms with Crippen LogP contribution in [0.1, 0.15) is 6.42 Å². The van der Waals surface area contributed by atoms with Gasteiger partial charge in [-0.25, -0.2) is 4.79 Å². The molecule has 2 atom stereocenters. The third-order valence-corrected chi connectivity index (χ3v) is 1.80. The summed E-state index contributed by atoms with van der Waals surface area (Å²) < 4.78 is 5.03. The Labute approximate surface area is 69.8 Å². The molecular formula is C8H10O4. The molecule has 1 rings (SSSR count).